The molecule has 9 heteroatoms. The fourth-order valence-electron chi connectivity index (χ4n) is 3.87. The Balaban J connectivity index is 1.23. The molecule has 36 heavy (non-hydrogen) atoms. The largest absolute Gasteiger partial charge is 0.486 e. The number of hydrogen-bond donors (Lipinski definition) is 2. The van der Waals surface area contributed by atoms with E-state index in [1.165, 1.54) is 17.3 Å². The SMILES string of the molecule is Cc1ccccc1NCc1nnc(SCCC(=O)Nc2ccc3c(c2)OCCO3)n1-c1ccccc1. The summed E-state index contributed by atoms with van der Waals surface area (Å²) in [7, 11) is 0. The molecule has 5 rings (SSSR count). The van der Waals surface area contributed by atoms with E-state index in [-0.39, 0.29) is 5.91 Å². The number of carbonyl (C=O) groups excluding carboxylic acids is 1. The van der Waals surface area contributed by atoms with Crippen molar-refractivity contribution in [1.82, 2.24) is 14.8 Å². The Morgan fingerprint density at radius 3 is 2.58 bits per heavy atom. The maximum absolute atomic E-state index is 12.6. The first kappa shape index (κ1) is 23.7. The van der Waals surface area contributed by atoms with E-state index in [1.54, 1.807) is 6.07 Å². The van der Waals surface area contributed by atoms with Crippen molar-refractivity contribution < 1.29 is 14.3 Å². The van der Waals surface area contributed by atoms with Gasteiger partial charge in [-0.1, -0.05) is 48.2 Å². The predicted octanol–water partition coefficient (Wildman–Crippen LogP) is 5.08. The molecule has 0 radical (unpaired) electrons. The molecule has 2 heterocycles. The zero-order valence-corrected chi connectivity index (χ0v) is 20.8. The van der Waals surface area contributed by atoms with Crippen LogP contribution in [0.25, 0.3) is 5.69 Å². The first-order valence-corrected chi connectivity index (χ1v) is 12.8. The molecule has 0 aliphatic carbocycles. The number of aromatic nitrogens is 3. The smallest absolute Gasteiger partial charge is 0.225 e. The first-order valence-electron chi connectivity index (χ1n) is 11.8. The Morgan fingerprint density at radius 1 is 0.972 bits per heavy atom. The van der Waals surface area contributed by atoms with Gasteiger partial charge in [-0.15, -0.1) is 10.2 Å². The van der Waals surface area contributed by atoms with Crippen LogP contribution in [0.3, 0.4) is 0 Å². The summed E-state index contributed by atoms with van der Waals surface area (Å²) in [5.41, 5.74) is 3.89. The third kappa shape index (κ3) is 5.63. The molecule has 0 bridgehead atoms. The second-order valence-corrected chi connectivity index (χ2v) is 9.31. The zero-order valence-electron chi connectivity index (χ0n) is 19.9. The number of rotatable bonds is 9. The molecule has 3 aromatic carbocycles. The van der Waals surface area contributed by atoms with Crippen LogP contribution < -0.4 is 20.1 Å². The van der Waals surface area contributed by atoms with Crippen LogP contribution in [0.15, 0.2) is 78.0 Å². The highest BCUT2D eigenvalue weighted by Crippen LogP contribution is 2.32. The average molecular weight is 502 g/mol. The van der Waals surface area contributed by atoms with Crippen molar-refractivity contribution in [2.75, 3.05) is 29.6 Å². The summed E-state index contributed by atoms with van der Waals surface area (Å²) >= 11 is 1.51. The Hall–Kier alpha value is -3.98. The van der Waals surface area contributed by atoms with Crippen LogP contribution in [0.1, 0.15) is 17.8 Å². The van der Waals surface area contributed by atoms with Crippen LogP contribution in [-0.4, -0.2) is 39.6 Å². The topological polar surface area (TPSA) is 90.3 Å². The molecule has 1 aliphatic rings. The van der Waals surface area contributed by atoms with Crippen LogP contribution in [0.5, 0.6) is 11.5 Å². The van der Waals surface area contributed by atoms with Crippen LogP contribution in [0, 0.1) is 6.92 Å². The quantitative estimate of drug-likeness (QED) is 0.309. The van der Waals surface area contributed by atoms with E-state index in [0.717, 1.165) is 22.4 Å². The van der Waals surface area contributed by atoms with Crippen LogP contribution in [0.2, 0.25) is 0 Å². The Kier molecular flexibility index (Phi) is 7.37. The van der Waals surface area contributed by atoms with Gasteiger partial charge in [0.1, 0.15) is 13.2 Å². The third-order valence-electron chi connectivity index (χ3n) is 5.68. The van der Waals surface area contributed by atoms with E-state index >= 15 is 0 Å². The number of fused-ring (bicyclic) bond motifs is 1. The van der Waals surface area contributed by atoms with E-state index < -0.39 is 0 Å². The van der Waals surface area contributed by atoms with Crippen molar-refractivity contribution in [3.63, 3.8) is 0 Å². The van der Waals surface area contributed by atoms with Gasteiger partial charge in [0.25, 0.3) is 0 Å². The predicted molar refractivity (Wildman–Crippen MR) is 141 cm³/mol. The summed E-state index contributed by atoms with van der Waals surface area (Å²) in [5.74, 6) is 2.63. The van der Waals surface area contributed by atoms with Gasteiger partial charge in [0.2, 0.25) is 5.91 Å². The standard InChI is InChI=1S/C27H27N5O3S/c1-19-7-5-6-10-22(19)28-18-25-30-31-27(32(25)21-8-3-2-4-9-21)36-16-13-26(33)29-20-11-12-23-24(17-20)35-15-14-34-23/h2-12,17,28H,13-16,18H2,1H3,(H,29,33). The number of anilines is 2. The summed E-state index contributed by atoms with van der Waals surface area (Å²) in [6.07, 6.45) is 0.331. The number of amides is 1. The van der Waals surface area contributed by atoms with Crippen LogP contribution in [0.4, 0.5) is 11.4 Å². The summed E-state index contributed by atoms with van der Waals surface area (Å²) < 4.78 is 13.2. The van der Waals surface area contributed by atoms with Gasteiger partial charge in [0.05, 0.1) is 6.54 Å². The second-order valence-electron chi connectivity index (χ2n) is 8.24. The van der Waals surface area contributed by atoms with Gasteiger partial charge >= 0.3 is 0 Å². The van der Waals surface area contributed by atoms with Gasteiger partial charge in [-0.3, -0.25) is 9.36 Å². The summed E-state index contributed by atoms with van der Waals surface area (Å²) in [6, 6.07) is 23.6. The van der Waals surface area contributed by atoms with Gasteiger partial charge in [-0.25, -0.2) is 0 Å². The van der Waals surface area contributed by atoms with Crippen LogP contribution in [-0.2, 0) is 11.3 Å². The molecule has 1 aromatic heterocycles. The van der Waals surface area contributed by atoms with Crippen molar-refractivity contribution in [2.45, 2.75) is 25.0 Å². The fraction of sp³-hybridized carbons (Fsp3) is 0.222. The number of thioether (sulfide) groups is 1. The lowest BCUT2D eigenvalue weighted by atomic mass is 10.2. The number of para-hydroxylation sites is 2. The maximum atomic E-state index is 12.6. The molecule has 0 atom stereocenters. The number of nitrogens with zero attached hydrogens (tertiary/aromatic N) is 3. The highest BCUT2D eigenvalue weighted by atomic mass is 32.2. The molecular weight excluding hydrogens is 474 g/mol. The Bertz CT molecular complexity index is 1340. The lowest BCUT2D eigenvalue weighted by Crippen LogP contribution is -2.16. The van der Waals surface area contributed by atoms with Crippen molar-refractivity contribution in [3.05, 3.63) is 84.2 Å². The normalized spacial score (nSPS) is 12.2. The molecule has 1 aliphatic heterocycles. The van der Waals surface area contributed by atoms with Gasteiger partial charge in [-0.2, -0.15) is 0 Å². The minimum atomic E-state index is -0.0774. The van der Waals surface area contributed by atoms with Crippen molar-refractivity contribution in [2.24, 2.45) is 0 Å². The van der Waals surface area contributed by atoms with Crippen LogP contribution >= 0.6 is 11.8 Å². The third-order valence-corrected chi connectivity index (χ3v) is 6.61. The zero-order chi connectivity index (χ0) is 24.7. The molecule has 8 nitrogen and oxygen atoms in total. The van der Waals surface area contributed by atoms with E-state index in [2.05, 4.69) is 39.9 Å². The molecule has 0 fully saturated rings. The molecule has 2 N–H and O–H groups in total. The lowest BCUT2D eigenvalue weighted by Gasteiger charge is -2.19. The highest BCUT2D eigenvalue weighted by Gasteiger charge is 2.16. The molecule has 0 unspecified atom stereocenters. The first-order chi connectivity index (χ1) is 17.7. The minimum absolute atomic E-state index is 0.0774. The van der Waals surface area contributed by atoms with E-state index in [9.17, 15) is 4.79 Å². The summed E-state index contributed by atoms with van der Waals surface area (Å²) in [4.78, 5) is 12.6. The number of carbonyl (C=O) groups is 1. The number of ether oxygens (including phenoxy) is 2. The van der Waals surface area contributed by atoms with Gasteiger partial charge < -0.3 is 20.1 Å². The number of nitrogens with one attached hydrogen (secondary N) is 2. The van der Waals surface area contributed by atoms with Gasteiger partial charge in [0, 0.05) is 35.3 Å². The Labute approximate surface area is 214 Å². The van der Waals surface area contributed by atoms with E-state index in [1.807, 2.05) is 59.2 Å². The molecule has 0 saturated heterocycles. The van der Waals surface area contributed by atoms with E-state index in [4.69, 9.17) is 9.47 Å². The number of aryl methyl sites for hydroxylation is 1. The molecule has 0 saturated carbocycles. The van der Waals surface area contributed by atoms with Crippen molar-refractivity contribution in [3.8, 4) is 17.2 Å². The molecule has 4 aromatic rings. The van der Waals surface area contributed by atoms with Gasteiger partial charge in [0.15, 0.2) is 22.5 Å². The van der Waals surface area contributed by atoms with Crippen molar-refractivity contribution in [1.29, 1.82) is 0 Å². The molecule has 1 amide bonds. The Morgan fingerprint density at radius 2 is 1.75 bits per heavy atom. The monoisotopic (exact) mass is 501 g/mol. The number of hydrogen-bond acceptors (Lipinski definition) is 7. The molecule has 0 spiro atoms. The van der Waals surface area contributed by atoms with Gasteiger partial charge in [-0.05, 0) is 42.8 Å². The summed E-state index contributed by atoms with van der Waals surface area (Å²) in [6.45, 7) is 3.64. The fourth-order valence-corrected chi connectivity index (χ4v) is 4.78. The lowest BCUT2D eigenvalue weighted by molar-refractivity contribution is -0.115. The number of benzene rings is 3. The average Bonchev–Trinajstić information content (AvgIpc) is 3.31. The minimum Gasteiger partial charge on any atom is -0.486 e. The van der Waals surface area contributed by atoms with Crippen molar-refractivity contribution >= 4 is 29.0 Å². The maximum Gasteiger partial charge on any atom is 0.225 e. The second kappa shape index (κ2) is 11.2. The van der Waals surface area contributed by atoms with E-state index in [0.29, 0.717) is 49.1 Å². The summed E-state index contributed by atoms with van der Waals surface area (Å²) in [5, 5.41) is 16.0. The molecular formula is C27H27N5O3S. The molecule has 184 valence electrons. The highest BCUT2D eigenvalue weighted by molar-refractivity contribution is 7.99.